The molecule has 19 heavy (non-hydrogen) atoms. The first kappa shape index (κ1) is 14.0. The molecule has 4 nitrogen and oxygen atoms in total. The number of hydrogen-bond acceptors (Lipinski definition) is 3. The normalized spacial score (nSPS) is 28.1. The molecule has 0 aromatic heterocycles. The van der Waals surface area contributed by atoms with E-state index in [4.69, 9.17) is 10.5 Å². The van der Waals surface area contributed by atoms with E-state index in [2.05, 4.69) is 5.32 Å². The van der Waals surface area contributed by atoms with Crippen LogP contribution >= 0.6 is 0 Å². The third-order valence-electron chi connectivity index (χ3n) is 4.01. The molecule has 0 bridgehead atoms. The second-order valence-corrected chi connectivity index (χ2v) is 5.56. The summed E-state index contributed by atoms with van der Waals surface area (Å²) in [4.78, 5) is 12.2. The number of ether oxygens (including phenoxy) is 1. The number of amides is 1. The van der Waals surface area contributed by atoms with Crippen LogP contribution in [0.2, 0.25) is 0 Å². The molecule has 1 aliphatic rings. The Kier molecular flexibility index (Phi) is 3.92. The highest BCUT2D eigenvalue weighted by Gasteiger charge is 2.39. The van der Waals surface area contributed by atoms with E-state index in [9.17, 15) is 4.79 Å². The Hall–Kier alpha value is -1.39. The minimum atomic E-state index is -0.634. The number of hydrogen-bond donors (Lipinski definition) is 2. The van der Waals surface area contributed by atoms with E-state index in [1.54, 1.807) is 0 Å². The first-order chi connectivity index (χ1) is 8.92. The van der Waals surface area contributed by atoms with Gasteiger partial charge >= 0.3 is 0 Å². The van der Waals surface area contributed by atoms with Crippen LogP contribution in [-0.2, 0) is 9.53 Å². The van der Waals surface area contributed by atoms with Crippen LogP contribution in [0.15, 0.2) is 24.3 Å². The fourth-order valence-electron chi connectivity index (χ4n) is 2.28. The highest BCUT2D eigenvalue weighted by atomic mass is 16.5. The molecule has 4 heteroatoms. The first-order valence-corrected chi connectivity index (χ1v) is 6.68. The largest absolute Gasteiger partial charge is 0.376 e. The molecule has 1 heterocycles. The van der Waals surface area contributed by atoms with Crippen molar-refractivity contribution in [1.29, 1.82) is 0 Å². The fourth-order valence-corrected chi connectivity index (χ4v) is 2.28. The molecule has 0 saturated carbocycles. The summed E-state index contributed by atoms with van der Waals surface area (Å²) in [6, 6.07) is 7.09. The minimum Gasteiger partial charge on any atom is -0.376 e. The van der Waals surface area contributed by atoms with E-state index < -0.39 is 6.04 Å². The number of nitrogens with one attached hydrogen (secondary N) is 1. The van der Waals surface area contributed by atoms with E-state index >= 15 is 0 Å². The average Bonchev–Trinajstić information content (AvgIpc) is 2.69. The van der Waals surface area contributed by atoms with Gasteiger partial charge in [-0.3, -0.25) is 4.79 Å². The van der Waals surface area contributed by atoms with Crippen LogP contribution in [0.25, 0.3) is 0 Å². The number of benzene rings is 1. The molecule has 0 radical (unpaired) electrons. The molecule has 1 aromatic carbocycles. The Bertz CT molecular complexity index is 458. The maximum Gasteiger partial charge on any atom is 0.242 e. The molecule has 2 rings (SSSR count). The zero-order chi connectivity index (χ0) is 14.0. The summed E-state index contributed by atoms with van der Waals surface area (Å²) in [6.07, 6.45) is 0.835. The lowest BCUT2D eigenvalue weighted by Crippen LogP contribution is -2.53. The Balaban J connectivity index is 2.05. The Morgan fingerprint density at radius 1 is 1.47 bits per heavy atom. The van der Waals surface area contributed by atoms with Crippen LogP contribution in [0.3, 0.4) is 0 Å². The average molecular weight is 262 g/mol. The second kappa shape index (κ2) is 5.31. The molecule has 1 saturated heterocycles. The molecule has 1 aliphatic heterocycles. The van der Waals surface area contributed by atoms with Gasteiger partial charge in [0.1, 0.15) is 6.04 Å². The summed E-state index contributed by atoms with van der Waals surface area (Å²) in [7, 11) is 0. The SMILES string of the molecule is Cc1ccc(C(N)C(=O)NC2(C)CCOC2C)cc1. The standard InChI is InChI=1S/C15H22N2O2/c1-10-4-6-12(7-5-10)13(16)14(18)17-15(3)8-9-19-11(15)2/h4-7,11,13H,8-9,16H2,1-3H3,(H,17,18). The first-order valence-electron chi connectivity index (χ1n) is 6.68. The summed E-state index contributed by atoms with van der Waals surface area (Å²) in [5.74, 6) is -0.149. The van der Waals surface area contributed by atoms with Crippen molar-refractivity contribution >= 4 is 5.91 Å². The van der Waals surface area contributed by atoms with Gasteiger partial charge in [0, 0.05) is 6.61 Å². The van der Waals surface area contributed by atoms with E-state index in [0.29, 0.717) is 6.61 Å². The predicted octanol–water partition coefficient (Wildman–Crippen LogP) is 1.68. The van der Waals surface area contributed by atoms with E-state index in [1.807, 2.05) is 45.0 Å². The van der Waals surface area contributed by atoms with Gasteiger partial charge in [-0.1, -0.05) is 29.8 Å². The van der Waals surface area contributed by atoms with Crippen molar-refractivity contribution in [2.75, 3.05) is 6.61 Å². The summed E-state index contributed by atoms with van der Waals surface area (Å²) < 4.78 is 5.51. The molecule has 3 N–H and O–H groups in total. The minimum absolute atomic E-state index is 0.0154. The quantitative estimate of drug-likeness (QED) is 0.871. The molecule has 3 unspecified atom stereocenters. The highest BCUT2D eigenvalue weighted by molar-refractivity contribution is 5.83. The van der Waals surface area contributed by atoms with Crippen molar-refractivity contribution in [1.82, 2.24) is 5.32 Å². The van der Waals surface area contributed by atoms with Crippen molar-refractivity contribution in [2.45, 2.75) is 44.9 Å². The van der Waals surface area contributed by atoms with Gasteiger partial charge in [-0.2, -0.15) is 0 Å². The Labute approximate surface area is 114 Å². The molecule has 0 aliphatic carbocycles. The van der Waals surface area contributed by atoms with Crippen molar-refractivity contribution in [2.24, 2.45) is 5.73 Å². The van der Waals surface area contributed by atoms with Gasteiger partial charge < -0.3 is 15.8 Å². The van der Waals surface area contributed by atoms with Crippen LogP contribution in [0, 0.1) is 6.92 Å². The molecule has 1 aromatic rings. The maximum absolute atomic E-state index is 12.2. The molecule has 0 spiro atoms. The lowest BCUT2D eigenvalue weighted by atomic mass is 9.93. The molecule has 1 amide bonds. The zero-order valence-corrected chi connectivity index (χ0v) is 11.8. The van der Waals surface area contributed by atoms with Gasteiger partial charge in [-0.25, -0.2) is 0 Å². The monoisotopic (exact) mass is 262 g/mol. The van der Waals surface area contributed by atoms with Crippen molar-refractivity contribution in [3.05, 3.63) is 35.4 Å². The lowest BCUT2D eigenvalue weighted by molar-refractivity contribution is -0.124. The van der Waals surface area contributed by atoms with Crippen LogP contribution in [0.5, 0.6) is 0 Å². The number of aryl methyl sites for hydroxylation is 1. The summed E-state index contributed by atoms with van der Waals surface area (Å²) in [5, 5.41) is 3.03. The van der Waals surface area contributed by atoms with Gasteiger partial charge in [0.25, 0.3) is 0 Å². The topological polar surface area (TPSA) is 64.4 Å². The van der Waals surface area contributed by atoms with Gasteiger partial charge in [0.2, 0.25) is 5.91 Å². The third-order valence-corrected chi connectivity index (χ3v) is 4.01. The van der Waals surface area contributed by atoms with Crippen molar-refractivity contribution in [3.8, 4) is 0 Å². The van der Waals surface area contributed by atoms with Crippen LogP contribution in [-0.4, -0.2) is 24.2 Å². The van der Waals surface area contributed by atoms with Gasteiger partial charge in [0.05, 0.1) is 11.6 Å². The van der Waals surface area contributed by atoms with Crippen molar-refractivity contribution in [3.63, 3.8) is 0 Å². The van der Waals surface area contributed by atoms with Crippen LogP contribution in [0.1, 0.15) is 37.4 Å². The fraction of sp³-hybridized carbons (Fsp3) is 0.533. The van der Waals surface area contributed by atoms with Gasteiger partial charge in [0.15, 0.2) is 0 Å². The second-order valence-electron chi connectivity index (χ2n) is 5.56. The number of rotatable bonds is 3. The highest BCUT2D eigenvalue weighted by Crippen LogP contribution is 2.26. The molecule has 1 fully saturated rings. The zero-order valence-electron chi connectivity index (χ0n) is 11.8. The molecular formula is C15H22N2O2. The molecular weight excluding hydrogens is 240 g/mol. The summed E-state index contributed by atoms with van der Waals surface area (Å²) in [6.45, 7) is 6.67. The Morgan fingerprint density at radius 3 is 2.63 bits per heavy atom. The smallest absolute Gasteiger partial charge is 0.242 e. The number of carbonyl (C=O) groups excluding carboxylic acids is 1. The van der Waals surface area contributed by atoms with Crippen LogP contribution < -0.4 is 11.1 Å². The molecule has 3 atom stereocenters. The van der Waals surface area contributed by atoms with E-state index in [-0.39, 0.29) is 17.6 Å². The van der Waals surface area contributed by atoms with Gasteiger partial charge in [-0.05, 0) is 32.8 Å². The summed E-state index contributed by atoms with van der Waals surface area (Å²) >= 11 is 0. The van der Waals surface area contributed by atoms with Gasteiger partial charge in [-0.15, -0.1) is 0 Å². The Morgan fingerprint density at radius 2 is 2.11 bits per heavy atom. The van der Waals surface area contributed by atoms with Crippen LogP contribution in [0.4, 0.5) is 0 Å². The van der Waals surface area contributed by atoms with E-state index in [0.717, 1.165) is 17.5 Å². The lowest BCUT2D eigenvalue weighted by Gasteiger charge is -2.30. The number of nitrogens with two attached hydrogens (primary N) is 1. The maximum atomic E-state index is 12.2. The number of carbonyl (C=O) groups is 1. The third kappa shape index (κ3) is 2.96. The van der Waals surface area contributed by atoms with E-state index in [1.165, 1.54) is 0 Å². The predicted molar refractivity (Wildman–Crippen MR) is 74.7 cm³/mol. The van der Waals surface area contributed by atoms with Crippen molar-refractivity contribution < 1.29 is 9.53 Å². The molecule has 104 valence electrons. The summed E-state index contributed by atoms with van der Waals surface area (Å²) in [5.41, 5.74) is 7.68.